The molecule has 0 spiro atoms. The molecule has 0 aromatic rings. The van der Waals surface area contributed by atoms with Crippen LogP contribution in [0.5, 0.6) is 0 Å². The summed E-state index contributed by atoms with van der Waals surface area (Å²) in [5.41, 5.74) is 0. The van der Waals surface area contributed by atoms with Crippen LogP contribution in [0.1, 0.15) is 0 Å². The molecule has 0 aliphatic heterocycles. The molecule has 0 bridgehead atoms. The normalized spacial score (nSPS) is 9.20. The van der Waals surface area contributed by atoms with Crippen molar-refractivity contribution in [2.75, 3.05) is 0 Å². The van der Waals surface area contributed by atoms with Gasteiger partial charge in [0.1, 0.15) is 0 Å². The van der Waals surface area contributed by atoms with Gasteiger partial charge in [-0.2, -0.15) is 0 Å². The fourth-order valence-corrected chi connectivity index (χ4v) is 0.561. The monoisotopic (exact) mass is 92.0 g/mol. The van der Waals surface area contributed by atoms with Crippen molar-refractivity contribution in [3.8, 4) is 0 Å². The van der Waals surface area contributed by atoms with Gasteiger partial charge in [0.15, 0.2) is 0 Å². The number of hydrogen-bond acceptors (Lipinski definition) is 0. The first-order valence-corrected chi connectivity index (χ1v) is 3.46. The average Bonchev–Trinajstić information content (AvgIpc) is 1.41. The van der Waals surface area contributed by atoms with Crippen molar-refractivity contribution in [2.24, 2.45) is 0 Å². The molecular formula is C4H5K. The third-order valence-electron chi connectivity index (χ3n) is 0.329. The van der Waals surface area contributed by atoms with E-state index < -0.39 is 0 Å². The van der Waals surface area contributed by atoms with E-state index in [-0.39, 0.29) is 0 Å². The fraction of sp³-hybridized carbons (Fsp3) is 0. The van der Waals surface area contributed by atoms with Gasteiger partial charge in [0, 0.05) is 0 Å². The molecule has 0 aliphatic carbocycles. The Morgan fingerprint density at radius 3 is 2.20 bits per heavy atom. The van der Waals surface area contributed by atoms with E-state index in [1.165, 1.54) is 0 Å². The third kappa shape index (κ3) is 5.12. The van der Waals surface area contributed by atoms with Crippen molar-refractivity contribution in [1.82, 2.24) is 0 Å². The zero-order chi connectivity index (χ0) is 4.12. The molecule has 0 atom stereocenters. The molecular weight excluding hydrogens is 87.1 g/mol. The Bertz CT molecular complexity index is 45.6. The van der Waals surface area contributed by atoms with E-state index in [1.807, 2.05) is 6.08 Å². The molecule has 0 heterocycles. The Balaban J connectivity index is 2.92. The summed E-state index contributed by atoms with van der Waals surface area (Å²) < 4.78 is 2.12. The van der Waals surface area contributed by atoms with E-state index >= 15 is 0 Å². The molecule has 1 heteroatoms. The van der Waals surface area contributed by atoms with Gasteiger partial charge in [0.2, 0.25) is 0 Å². The molecule has 0 rings (SSSR count). The predicted octanol–water partition coefficient (Wildman–Crippen LogP) is 0.855. The first kappa shape index (κ1) is 6.12. The Morgan fingerprint density at radius 2 is 2.20 bits per heavy atom. The van der Waals surface area contributed by atoms with Crippen LogP contribution in [-0.2, 0) is 0 Å². The van der Waals surface area contributed by atoms with E-state index in [0.29, 0.717) is 0 Å². The first-order valence-electron chi connectivity index (χ1n) is 1.65. The van der Waals surface area contributed by atoms with Crippen LogP contribution in [-0.4, -0.2) is 49.0 Å². The SMILES string of the molecule is C=CC=[CH][K]. The summed E-state index contributed by atoms with van der Waals surface area (Å²) in [6, 6.07) is 0. The molecule has 0 fully saturated rings. The van der Waals surface area contributed by atoms with Crippen LogP contribution in [0.25, 0.3) is 0 Å². The Kier molecular flexibility index (Phi) is 6.26. The molecule has 0 saturated carbocycles. The van der Waals surface area contributed by atoms with Gasteiger partial charge in [-0.15, -0.1) is 0 Å². The van der Waals surface area contributed by atoms with Gasteiger partial charge < -0.3 is 0 Å². The molecule has 0 aromatic heterocycles. The van der Waals surface area contributed by atoms with E-state index in [0.717, 1.165) is 49.0 Å². The van der Waals surface area contributed by atoms with Gasteiger partial charge in [-0.05, 0) is 0 Å². The van der Waals surface area contributed by atoms with E-state index in [9.17, 15) is 0 Å². The molecule has 0 nitrogen and oxygen atoms in total. The second-order valence-electron chi connectivity index (χ2n) is 0.761. The Hall–Kier alpha value is 1.12. The number of rotatable bonds is 1. The summed E-state index contributed by atoms with van der Waals surface area (Å²) in [6.07, 6.45) is 3.77. The molecule has 0 saturated heterocycles. The van der Waals surface area contributed by atoms with Gasteiger partial charge in [-0.1, -0.05) is 0 Å². The van der Waals surface area contributed by atoms with Crippen LogP contribution in [0.15, 0.2) is 18.9 Å². The number of allylic oxidation sites excluding steroid dienone is 2. The summed E-state index contributed by atoms with van der Waals surface area (Å²) in [5.74, 6) is 0. The van der Waals surface area contributed by atoms with E-state index in [1.54, 1.807) is 6.08 Å². The van der Waals surface area contributed by atoms with Gasteiger partial charge >= 0.3 is 67.9 Å². The quantitative estimate of drug-likeness (QED) is 0.332. The molecule has 0 amide bonds. The predicted molar refractivity (Wildman–Crippen MR) is 25.1 cm³/mol. The van der Waals surface area contributed by atoms with Crippen molar-refractivity contribution in [3.63, 3.8) is 0 Å². The van der Waals surface area contributed by atoms with Gasteiger partial charge in [0.25, 0.3) is 0 Å². The zero-order valence-corrected chi connectivity index (χ0v) is 6.56. The number of hydrogen-bond donors (Lipinski definition) is 0. The Labute approximate surface area is 66.5 Å². The summed E-state index contributed by atoms with van der Waals surface area (Å²) in [5, 5.41) is 0. The Morgan fingerprint density at radius 1 is 1.60 bits per heavy atom. The van der Waals surface area contributed by atoms with Gasteiger partial charge in [-0.3, -0.25) is 0 Å². The summed E-state index contributed by atoms with van der Waals surface area (Å²) in [4.78, 5) is 0. The van der Waals surface area contributed by atoms with Crippen LogP contribution in [0.2, 0.25) is 0 Å². The summed E-state index contributed by atoms with van der Waals surface area (Å²) >= 11 is 0.862. The van der Waals surface area contributed by atoms with Crippen LogP contribution in [0.3, 0.4) is 0 Å². The van der Waals surface area contributed by atoms with Crippen molar-refractivity contribution in [3.05, 3.63) is 18.9 Å². The zero-order valence-electron chi connectivity index (χ0n) is 3.44. The summed E-state index contributed by atoms with van der Waals surface area (Å²) in [6.45, 7) is 3.49. The molecule has 0 radical (unpaired) electrons. The second kappa shape index (κ2) is 5.12. The van der Waals surface area contributed by atoms with E-state index in [2.05, 4.69) is 6.75 Å². The molecule has 0 aromatic carbocycles. The molecule has 0 N–H and O–H groups in total. The standard InChI is InChI=1S/C4H5.K/c1-3-4-2;/h1,3-4H,2H2;. The van der Waals surface area contributed by atoms with Crippen molar-refractivity contribution < 1.29 is 0 Å². The minimum absolute atomic E-state index is 0.862. The van der Waals surface area contributed by atoms with Crippen LogP contribution < -0.4 is 0 Å². The molecule has 5 heavy (non-hydrogen) atoms. The van der Waals surface area contributed by atoms with Crippen molar-refractivity contribution in [2.45, 2.75) is 0 Å². The summed E-state index contributed by atoms with van der Waals surface area (Å²) in [7, 11) is 0. The molecule has 0 aliphatic rings. The first-order chi connectivity index (χ1) is 2.41. The minimum atomic E-state index is 0.862. The van der Waals surface area contributed by atoms with Gasteiger partial charge in [0.05, 0.1) is 0 Å². The van der Waals surface area contributed by atoms with Crippen LogP contribution >= 0.6 is 0 Å². The third-order valence-corrected chi connectivity index (χ3v) is 0.930. The fourth-order valence-electron chi connectivity index (χ4n) is 0.136. The van der Waals surface area contributed by atoms with Gasteiger partial charge in [-0.25, -0.2) is 0 Å². The van der Waals surface area contributed by atoms with Crippen molar-refractivity contribution >= 4 is 49.0 Å². The van der Waals surface area contributed by atoms with E-state index in [4.69, 9.17) is 0 Å². The molecule has 22 valence electrons. The second-order valence-corrected chi connectivity index (χ2v) is 1.80. The maximum atomic E-state index is 3.49. The average molecular weight is 92.2 g/mol. The molecule has 0 unspecified atom stereocenters. The maximum absolute atomic E-state index is 3.49. The van der Waals surface area contributed by atoms with Crippen LogP contribution in [0, 0.1) is 0 Å². The van der Waals surface area contributed by atoms with Crippen molar-refractivity contribution in [1.29, 1.82) is 0 Å². The van der Waals surface area contributed by atoms with Crippen LogP contribution in [0.4, 0.5) is 0 Å². The topological polar surface area (TPSA) is 0 Å².